The fourth-order valence-corrected chi connectivity index (χ4v) is 2.86. The number of anilines is 1. The molecule has 0 radical (unpaired) electrons. The van der Waals surface area contributed by atoms with Crippen LogP contribution >= 0.6 is 0 Å². The van der Waals surface area contributed by atoms with Crippen molar-refractivity contribution in [3.63, 3.8) is 0 Å². The van der Waals surface area contributed by atoms with Crippen LogP contribution in [0.1, 0.15) is 45.3 Å². The van der Waals surface area contributed by atoms with Crippen LogP contribution in [-0.2, 0) is 16.8 Å². The lowest BCUT2D eigenvalue weighted by atomic mass is 9.97. The van der Waals surface area contributed by atoms with Crippen molar-refractivity contribution in [3.8, 4) is 0 Å². The quantitative estimate of drug-likeness (QED) is 0.934. The molecule has 1 aromatic heterocycles. The first-order valence-corrected chi connectivity index (χ1v) is 8.36. The van der Waals surface area contributed by atoms with E-state index in [0.29, 0.717) is 18.3 Å². The van der Waals surface area contributed by atoms with Crippen LogP contribution in [0, 0.1) is 0 Å². The Morgan fingerprint density at radius 3 is 2.75 bits per heavy atom. The number of nitrogens with one attached hydrogen (secondary N) is 1. The number of para-hydroxylation sites is 1. The normalized spacial score (nSPS) is 18.7. The number of carbonyl (C=O) groups is 1. The van der Waals surface area contributed by atoms with Crippen molar-refractivity contribution in [3.05, 3.63) is 42.0 Å². The molecule has 6 heteroatoms. The topological polar surface area (TPSA) is 71.3 Å². The maximum atomic E-state index is 12.6. The highest BCUT2D eigenvalue weighted by atomic mass is 16.5. The van der Waals surface area contributed by atoms with Crippen LogP contribution in [-0.4, -0.2) is 33.5 Å². The average Bonchev–Trinajstić information content (AvgIpc) is 3.17. The third-order valence-electron chi connectivity index (χ3n) is 4.16. The first kappa shape index (κ1) is 16.6. The molecule has 24 heavy (non-hydrogen) atoms. The van der Waals surface area contributed by atoms with Crippen LogP contribution in [0.15, 0.2) is 34.9 Å². The number of rotatable bonds is 4. The Kier molecular flexibility index (Phi) is 4.66. The van der Waals surface area contributed by atoms with Crippen molar-refractivity contribution in [1.29, 1.82) is 0 Å². The Hall–Kier alpha value is -2.21. The number of hydrogen-bond donors (Lipinski definition) is 1. The van der Waals surface area contributed by atoms with E-state index in [0.717, 1.165) is 25.1 Å². The molecule has 2 heterocycles. The Labute approximate surface area is 142 Å². The minimum atomic E-state index is -0.166. The van der Waals surface area contributed by atoms with Gasteiger partial charge in [0.15, 0.2) is 5.82 Å². The largest absolute Gasteiger partial charge is 0.339 e. The minimum absolute atomic E-state index is 0.0261. The Balaban J connectivity index is 1.65. The summed E-state index contributed by atoms with van der Waals surface area (Å²) in [6, 6.07) is 9.39. The van der Waals surface area contributed by atoms with Gasteiger partial charge in [-0.25, -0.2) is 0 Å². The second kappa shape index (κ2) is 6.73. The average molecular weight is 328 g/mol. The highest BCUT2D eigenvalue weighted by molar-refractivity contribution is 5.94. The lowest BCUT2D eigenvalue weighted by Gasteiger charge is -2.22. The van der Waals surface area contributed by atoms with Crippen LogP contribution in [0.25, 0.3) is 0 Å². The summed E-state index contributed by atoms with van der Waals surface area (Å²) in [6.45, 7) is 7.52. The lowest BCUT2D eigenvalue weighted by molar-refractivity contribution is -0.120. The third-order valence-corrected chi connectivity index (χ3v) is 4.16. The number of benzene rings is 1. The second-order valence-electron chi connectivity index (χ2n) is 7.25. The van der Waals surface area contributed by atoms with Gasteiger partial charge in [0, 0.05) is 11.1 Å². The van der Waals surface area contributed by atoms with Gasteiger partial charge in [-0.15, -0.1) is 0 Å². The molecule has 1 aliphatic rings. The maximum Gasteiger partial charge on any atom is 0.241 e. The molecule has 1 fully saturated rings. The summed E-state index contributed by atoms with van der Waals surface area (Å²) < 4.78 is 5.34. The lowest BCUT2D eigenvalue weighted by Crippen LogP contribution is -2.39. The summed E-state index contributed by atoms with van der Waals surface area (Å²) >= 11 is 0. The fourth-order valence-electron chi connectivity index (χ4n) is 2.86. The molecule has 1 aliphatic heterocycles. The number of carbonyl (C=O) groups excluding carboxylic acids is 1. The van der Waals surface area contributed by atoms with Crippen molar-refractivity contribution >= 4 is 11.6 Å². The first-order chi connectivity index (χ1) is 11.4. The van der Waals surface area contributed by atoms with E-state index in [2.05, 4.69) is 20.4 Å². The highest BCUT2D eigenvalue weighted by Crippen LogP contribution is 2.23. The molecule has 0 aliphatic carbocycles. The predicted octanol–water partition coefficient (Wildman–Crippen LogP) is 2.97. The van der Waals surface area contributed by atoms with E-state index >= 15 is 0 Å². The molecular formula is C18H24N4O2. The summed E-state index contributed by atoms with van der Waals surface area (Å²) in [5.74, 6) is 1.29. The Morgan fingerprint density at radius 2 is 2.08 bits per heavy atom. The molecule has 2 aromatic rings. The smallest absolute Gasteiger partial charge is 0.241 e. The second-order valence-corrected chi connectivity index (χ2v) is 7.25. The van der Waals surface area contributed by atoms with Gasteiger partial charge in [0.2, 0.25) is 11.8 Å². The van der Waals surface area contributed by atoms with Crippen LogP contribution < -0.4 is 5.32 Å². The zero-order valence-corrected chi connectivity index (χ0v) is 14.5. The molecule has 1 unspecified atom stereocenters. The number of likely N-dealkylation sites (tertiary alicyclic amines) is 1. The fraction of sp³-hybridized carbons (Fsp3) is 0.500. The van der Waals surface area contributed by atoms with Gasteiger partial charge in [-0.3, -0.25) is 9.69 Å². The first-order valence-electron chi connectivity index (χ1n) is 8.36. The molecule has 128 valence electrons. The standard InChI is InChI=1S/C18H24N4O2/c1-18(2,3)17-20-15(21-24-17)12-22-11-7-10-14(22)16(23)19-13-8-5-4-6-9-13/h4-6,8-9,14H,7,10-12H2,1-3H3,(H,19,23). The molecule has 1 aromatic carbocycles. The van der Waals surface area contributed by atoms with Crippen molar-refractivity contribution in [2.45, 2.75) is 51.6 Å². The summed E-state index contributed by atoms with van der Waals surface area (Å²) in [4.78, 5) is 19.2. The number of hydrogen-bond acceptors (Lipinski definition) is 5. The number of nitrogens with zero attached hydrogens (tertiary/aromatic N) is 3. The number of aromatic nitrogens is 2. The van der Waals surface area contributed by atoms with Crippen LogP contribution in [0.3, 0.4) is 0 Å². The van der Waals surface area contributed by atoms with E-state index in [1.54, 1.807) is 0 Å². The third kappa shape index (κ3) is 3.82. The molecule has 0 saturated carbocycles. The molecule has 0 spiro atoms. The van der Waals surface area contributed by atoms with E-state index < -0.39 is 0 Å². The van der Waals surface area contributed by atoms with Crippen LogP contribution in [0.5, 0.6) is 0 Å². The summed E-state index contributed by atoms with van der Waals surface area (Å²) in [5, 5.41) is 7.05. The molecule has 3 rings (SSSR count). The van der Waals surface area contributed by atoms with Gasteiger partial charge in [-0.1, -0.05) is 44.1 Å². The monoisotopic (exact) mass is 328 g/mol. The van der Waals surface area contributed by atoms with E-state index in [4.69, 9.17) is 4.52 Å². The van der Waals surface area contributed by atoms with Crippen molar-refractivity contribution < 1.29 is 9.32 Å². The molecule has 1 N–H and O–H groups in total. The molecule has 1 saturated heterocycles. The zero-order chi connectivity index (χ0) is 17.2. The summed E-state index contributed by atoms with van der Waals surface area (Å²) in [5.41, 5.74) is 0.657. The van der Waals surface area contributed by atoms with E-state index in [1.807, 2.05) is 51.1 Å². The molecule has 0 bridgehead atoms. The van der Waals surface area contributed by atoms with Crippen LogP contribution in [0.2, 0.25) is 0 Å². The van der Waals surface area contributed by atoms with E-state index in [1.165, 1.54) is 0 Å². The van der Waals surface area contributed by atoms with Gasteiger partial charge in [-0.05, 0) is 31.5 Å². The summed E-state index contributed by atoms with van der Waals surface area (Å²) in [6.07, 6.45) is 1.85. The van der Waals surface area contributed by atoms with E-state index in [9.17, 15) is 4.79 Å². The molecule has 1 amide bonds. The molecule has 1 atom stereocenters. The molecular weight excluding hydrogens is 304 g/mol. The van der Waals surface area contributed by atoms with Gasteiger partial charge in [-0.2, -0.15) is 4.98 Å². The van der Waals surface area contributed by atoms with Crippen molar-refractivity contribution in [2.75, 3.05) is 11.9 Å². The maximum absolute atomic E-state index is 12.6. The summed E-state index contributed by atoms with van der Waals surface area (Å²) in [7, 11) is 0. The van der Waals surface area contributed by atoms with Gasteiger partial charge >= 0.3 is 0 Å². The van der Waals surface area contributed by atoms with Crippen molar-refractivity contribution in [1.82, 2.24) is 15.0 Å². The predicted molar refractivity (Wildman–Crippen MR) is 91.5 cm³/mol. The van der Waals surface area contributed by atoms with Gasteiger partial charge in [0.25, 0.3) is 0 Å². The van der Waals surface area contributed by atoms with Gasteiger partial charge in [0.1, 0.15) is 0 Å². The van der Waals surface area contributed by atoms with Gasteiger partial charge < -0.3 is 9.84 Å². The van der Waals surface area contributed by atoms with Gasteiger partial charge in [0.05, 0.1) is 12.6 Å². The molecule has 6 nitrogen and oxygen atoms in total. The minimum Gasteiger partial charge on any atom is -0.339 e. The highest BCUT2D eigenvalue weighted by Gasteiger charge is 2.32. The van der Waals surface area contributed by atoms with Crippen molar-refractivity contribution in [2.24, 2.45) is 0 Å². The Morgan fingerprint density at radius 1 is 1.33 bits per heavy atom. The van der Waals surface area contributed by atoms with E-state index in [-0.39, 0.29) is 17.4 Å². The zero-order valence-electron chi connectivity index (χ0n) is 14.5. The Bertz CT molecular complexity index is 691. The van der Waals surface area contributed by atoms with Crippen LogP contribution in [0.4, 0.5) is 5.69 Å². The SMILES string of the molecule is CC(C)(C)c1nc(CN2CCCC2C(=O)Nc2ccccc2)no1. The number of amides is 1.